The van der Waals surface area contributed by atoms with E-state index in [0.29, 0.717) is 5.56 Å². The van der Waals surface area contributed by atoms with Gasteiger partial charge in [-0.05, 0) is 33.3 Å². The van der Waals surface area contributed by atoms with Crippen molar-refractivity contribution >= 4 is 17.6 Å². The van der Waals surface area contributed by atoms with Gasteiger partial charge in [0.05, 0.1) is 4.92 Å². The summed E-state index contributed by atoms with van der Waals surface area (Å²) in [5.41, 5.74) is -0.240. The fraction of sp³-hybridized carbons (Fsp3) is 0.455. The summed E-state index contributed by atoms with van der Waals surface area (Å²) >= 11 is 0. The summed E-state index contributed by atoms with van der Waals surface area (Å²) in [6.07, 6.45) is 0.437. The van der Waals surface area contributed by atoms with E-state index in [1.807, 2.05) is 0 Å². The Morgan fingerprint density at radius 1 is 1.50 bits per heavy atom. The predicted molar refractivity (Wildman–Crippen MR) is 65.5 cm³/mol. The SMILES string of the molecule is Cc1cc([N+](=O)[O-])cnc1NC(=O)OC(C)(C)C. The molecule has 0 aromatic carbocycles. The smallest absolute Gasteiger partial charge is 0.413 e. The molecule has 1 N–H and O–H groups in total. The number of nitro groups is 1. The Hall–Kier alpha value is -2.18. The molecule has 1 aromatic heterocycles. The monoisotopic (exact) mass is 253 g/mol. The maximum absolute atomic E-state index is 11.5. The minimum atomic E-state index is -0.646. The molecule has 98 valence electrons. The number of pyridine rings is 1. The third-order valence-corrected chi connectivity index (χ3v) is 1.89. The fourth-order valence-corrected chi connectivity index (χ4v) is 1.19. The van der Waals surface area contributed by atoms with Gasteiger partial charge in [-0.25, -0.2) is 9.78 Å². The standard InChI is InChI=1S/C11H15N3O4/c1-7-5-8(14(16)17)6-12-9(7)13-10(15)18-11(2,3)4/h5-6H,1-4H3,(H,12,13,15). The second-order valence-corrected chi connectivity index (χ2v) is 4.74. The molecule has 0 aliphatic heterocycles. The summed E-state index contributed by atoms with van der Waals surface area (Å²) in [6.45, 7) is 6.83. The van der Waals surface area contributed by atoms with Crippen molar-refractivity contribution in [3.63, 3.8) is 0 Å². The summed E-state index contributed by atoms with van der Waals surface area (Å²) in [5.74, 6) is 0.245. The Kier molecular flexibility index (Phi) is 3.85. The summed E-state index contributed by atoms with van der Waals surface area (Å²) in [7, 11) is 0. The van der Waals surface area contributed by atoms with Gasteiger partial charge in [-0.15, -0.1) is 0 Å². The van der Waals surface area contributed by atoms with Gasteiger partial charge in [0.15, 0.2) is 0 Å². The Bertz CT molecular complexity index is 480. The number of aryl methyl sites for hydroxylation is 1. The Balaban J connectivity index is 2.80. The molecule has 18 heavy (non-hydrogen) atoms. The van der Waals surface area contributed by atoms with Crippen LogP contribution >= 0.6 is 0 Å². The predicted octanol–water partition coefficient (Wildman–Crippen LogP) is 2.65. The molecule has 7 nitrogen and oxygen atoms in total. The van der Waals surface area contributed by atoms with Gasteiger partial charge in [0, 0.05) is 6.07 Å². The number of rotatable bonds is 2. The zero-order chi connectivity index (χ0) is 13.9. The number of nitrogens with zero attached hydrogens (tertiary/aromatic N) is 2. The Morgan fingerprint density at radius 2 is 2.11 bits per heavy atom. The number of ether oxygens (including phenoxy) is 1. The molecule has 1 heterocycles. The lowest BCUT2D eigenvalue weighted by molar-refractivity contribution is -0.385. The molecule has 0 radical (unpaired) electrons. The van der Waals surface area contributed by atoms with Crippen LogP contribution in [0.4, 0.5) is 16.3 Å². The van der Waals surface area contributed by atoms with Crippen LogP contribution < -0.4 is 5.32 Å². The van der Waals surface area contributed by atoms with Gasteiger partial charge in [-0.2, -0.15) is 0 Å². The molecular formula is C11H15N3O4. The van der Waals surface area contributed by atoms with E-state index in [-0.39, 0.29) is 11.5 Å². The van der Waals surface area contributed by atoms with E-state index in [9.17, 15) is 14.9 Å². The van der Waals surface area contributed by atoms with Crippen molar-refractivity contribution in [3.8, 4) is 0 Å². The molecule has 1 aromatic rings. The van der Waals surface area contributed by atoms with Crippen molar-refractivity contribution in [1.29, 1.82) is 0 Å². The number of anilines is 1. The number of aromatic nitrogens is 1. The fourth-order valence-electron chi connectivity index (χ4n) is 1.19. The van der Waals surface area contributed by atoms with E-state index in [1.165, 1.54) is 6.07 Å². The van der Waals surface area contributed by atoms with Crippen LogP contribution in [0, 0.1) is 17.0 Å². The molecule has 0 aliphatic rings. The normalized spacial score (nSPS) is 10.9. The third kappa shape index (κ3) is 4.00. The number of hydrogen-bond donors (Lipinski definition) is 1. The first-order valence-corrected chi connectivity index (χ1v) is 5.30. The van der Waals surface area contributed by atoms with Gasteiger partial charge in [0.2, 0.25) is 0 Å². The van der Waals surface area contributed by atoms with E-state index in [2.05, 4.69) is 10.3 Å². The topological polar surface area (TPSA) is 94.4 Å². The Labute approximate surface area is 104 Å². The number of nitrogens with one attached hydrogen (secondary N) is 1. The third-order valence-electron chi connectivity index (χ3n) is 1.89. The second kappa shape index (κ2) is 4.99. The number of carbonyl (C=O) groups is 1. The maximum Gasteiger partial charge on any atom is 0.413 e. The maximum atomic E-state index is 11.5. The average Bonchev–Trinajstić information content (AvgIpc) is 2.17. The number of carbonyl (C=O) groups excluding carboxylic acids is 1. The second-order valence-electron chi connectivity index (χ2n) is 4.74. The lowest BCUT2D eigenvalue weighted by Gasteiger charge is -2.19. The summed E-state index contributed by atoms with van der Waals surface area (Å²) in [6, 6.07) is 1.33. The van der Waals surface area contributed by atoms with Crippen LogP contribution in [0.3, 0.4) is 0 Å². The lowest BCUT2D eigenvalue weighted by Crippen LogP contribution is -2.27. The highest BCUT2D eigenvalue weighted by atomic mass is 16.6. The average molecular weight is 253 g/mol. The van der Waals surface area contributed by atoms with Crippen molar-refractivity contribution in [2.24, 2.45) is 0 Å². The van der Waals surface area contributed by atoms with E-state index in [1.54, 1.807) is 27.7 Å². The quantitative estimate of drug-likeness (QED) is 0.645. The van der Waals surface area contributed by atoms with Crippen LogP contribution in [0.1, 0.15) is 26.3 Å². The zero-order valence-electron chi connectivity index (χ0n) is 10.7. The van der Waals surface area contributed by atoms with E-state index in [4.69, 9.17) is 4.74 Å². The molecule has 0 atom stereocenters. The van der Waals surface area contributed by atoms with Crippen molar-refractivity contribution < 1.29 is 14.5 Å². The molecule has 0 aliphatic carbocycles. The summed E-state index contributed by atoms with van der Waals surface area (Å²) in [4.78, 5) is 25.3. The van der Waals surface area contributed by atoms with Crippen molar-refractivity contribution in [2.75, 3.05) is 5.32 Å². The van der Waals surface area contributed by atoms with Gasteiger partial charge in [0.1, 0.15) is 17.6 Å². The lowest BCUT2D eigenvalue weighted by atomic mass is 10.2. The number of hydrogen-bond acceptors (Lipinski definition) is 5. The van der Waals surface area contributed by atoms with Crippen molar-refractivity contribution in [1.82, 2.24) is 4.98 Å². The molecule has 0 spiro atoms. The van der Waals surface area contributed by atoms with Gasteiger partial charge in [-0.1, -0.05) is 0 Å². The van der Waals surface area contributed by atoms with Crippen LogP contribution in [-0.2, 0) is 4.74 Å². The zero-order valence-corrected chi connectivity index (χ0v) is 10.7. The first kappa shape index (κ1) is 13.9. The summed E-state index contributed by atoms with van der Waals surface area (Å²) < 4.78 is 5.05. The summed E-state index contributed by atoms with van der Waals surface area (Å²) in [5, 5.41) is 13.0. The highest BCUT2D eigenvalue weighted by molar-refractivity contribution is 5.84. The molecule has 0 saturated carbocycles. The van der Waals surface area contributed by atoms with Crippen molar-refractivity contribution in [3.05, 3.63) is 27.9 Å². The molecule has 1 amide bonds. The Morgan fingerprint density at radius 3 is 2.56 bits per heavy atom. The van der Waals surface area contributed by atoms with Gasteiger partial charge in [-0.3, -0.25) is 15.4 Å². The first-order valence-electron chi connectivity index (χ1n) is 5.30. The van der Waals surface area contributed by atoms with Crippen LogP contribution in [0.15, 0.2) is 12.3 Å². The van der Waals surface area contributed by atoms with Gasteiger partial charge < -0.3 is 4.74 Å². The minimum Gasteiger partial charge on any atom is -0.444 e. The van der Waals surface area contributed by atoms with Crippen LogP contribution in [0.5, 0.6) is 0 Å². The van der Waals surface area contributed by atoms with Crippen LogP contribution in [-0.4, -0.2) is 21.6 Å². The highest BCUT2D eigenvalue weighted by Crippen LogP contribution is 2.18. The molecular weight excluding hydrogens is 238 g/mol. The largest absolute Gasteiger partial charge is 0.444 e. The molecule has 1 rings (SSSR count). The van der Waals surface area contributed by atoms with Crippen LogP contribution in [0.25, 0.3) is 0 Å². The van der Waals surface area contributed by atoms with E-state index < -0.39 is 16.6 Å². The minimum absolute atomic E-state index is 0.123. The molecule has 0 bridgehead atoms. The van der Waals surface area contributed by atoms with Gasteiger partial charge >= 0.3 is 6.09 Å². The van der Waals surface area contributed by atoms with E-state index in [0.717, 1.165) is 6.20 Å². The van der Waals surface area contributed by atoms with Crippen LogP contribution in [0.2, 0.25) is 0 Å². The van der Waals surface area contributed by atoms with Gasteiger partial charge in [0.25, 0.3) is 5.69 Å². The molecule has 0 unspecified atom stereocenters. The number of amides is 1. The molecule has 0 saturated heterocycles. The highest BCUT2D eigenvalue weighted by Gasteiger charge is 2.18. The molecule has 7 heteroatoms. The van der Waals surface area contributed by atoms with E-state index >= 15 is 0 Å². The molecule has 0 fully saturated rings. The van der Waals surface area contributed by atoms with Crippen molar-refractivity contribution in [2.45, 2.75) is 33.3 Å². The first-order chi connectivity index (χ1) is 8.19.